The zero-order valence-corrected chi connectivity index (χ0v) is 10.3. The highest BCUT2D eigenvalue weighted by atomic mass is 35.5. The van der Waals surface area contributed by atoms with E-state index in [1.54, 1.807) is 0 Å². The molecule has 0 aliphatic heterocycles. The summed E-state index contributed by atoms with van der Waals surface area (Å²) in [5, 5.41) is 11.4. The van der Waals surface area contributed by atoms with Gasteiger partial charge in [0.25, 0.3) is 0 Å². The zero-order chi connectivity index (χ0) is 11.7. The van der Waals surface area contributed by atoms with Crippen LogP contribution in [0.5, 0.6) is 0 Å². The maximum Gasteiger partial charge on any atom is 0.132 e. The monoisotopic (exact) mass is 254 g/mol. The van der Waals surface area contributed by atoms with Crippen LogP contribution in [0, 0.1) is 0 Å². The Morgan fingerprint density at radius 1 is 1.50 bits per heavy atom. The fraction of sp³-hybridized carbons (Fsp3) is 0.250. The number of hydrogen-bond donors (Lipinski definition) is 1. The van der Waals surface area contributed by atoms with Crippen molar-refractivity contribution in [3.05, 3.63) is 34.2 Å². The highest BCUT2D eigenvalue weighted by Gasteiger charge is 2.18. The molecule has 2 nitrogen and oxygen atoms in total. The summed E-state index contributed by atoms with van der Waals surface area (Å²) < 4.78 is 1.03. The molecule has 84 valence electrons. The molecule has 0 bridgehead atoms. The number of rotatable bonds is 3. The molecule has 0 unspecified atom stereocenters. The van der Waals surface area contributed by atoms with Crippen LogP contribution < -0.4 is 0 Å². The predicted octanol–water partition coefficient (Wildman–Crippen LogP) is 3.57. The first-order valence-electron chi connectivity index (χ1n) is 4.94. The second kappa shape index (κ2) is 4.53. The van der Waals surface area contributed by atoms with Crippen molar-refractivity contribution in [2.24, 2.45) is 0 Å². The third-order valence-corrected chi connectivity index (χ3v) is 4.13. The van der Waals surface area contributed by atoms with Gasteiger partial charge in [0.2, 0.25) is 0 Å². The molecule has 4 heteroatoms. The number of aliphatic hydroxyl groups is 1. The summed E-state index contributed by atoms with van der Waals surface area (Å²) in [4.78, 5) is 11.6. The molecule has 0 saturated carbocycles. The van der Waals surface area contributed by atoms with Crippen molar-refractivity contribution >= 4 is 38.8 Å². The molecule has 1 aromatic carbocycles. The van der Waals surface area contributed by atoms with Crippen molar-refractivity contribution in [1.82, 2.24) is 0 Å². The van der Waals surface area contributed by atoms with Gasteiger partial charge in [-0.3, -0.25) is 4.79 Å². The lowest BCUT2D eigenvalue weighted by molar-refractivity contribution is -0.118. The lowest BCUT2D eigenvalue weighted by atomic mass is 10.1. The Kier molecular flexibility index (Phi) is 3.28. The molecule has 16 heavy (non-hydrogen) atoms. The minimum atomic E-state index is -0.789. The van der Waals surface area contributed by atoms with E-state index < -0.39 is 6.10 Å². The number of Topliss-reactive ketones (excluding diaryl/α,β-unsaturated/α-hetero) is 1. The quantitative estimate of drug-likeness (QED) is 0.909. The topological polar surface area (TPSA) is 37.3 Å². The van der Waals surface area contributed by atoms with Crippen LogP contribution >= 0.6 is 22.9 Å². The van der Waals surface area contributed by atoms with E-state index in [0.29, 0.717) is 9.90 Å². The molecule has 0 amide bonds. The lowest BCUT2D eigenvalue weighted by Crippen LogP contribution is -2.01. The maximum atomic E-state index is 11.0. The van der Waals surface area contributed by atoms with Gasteiger partial charge in [-0.25, -0.2) is 0 Å². The number of fused-ring (bicyclic) bond motifs is 1. The molecule has 0 aliphatic carbocycles. The van der Waals surface area contributed by atoms with E-state index in [0.717, 1.165) is 10.1 Å². The Labute approximate surface area is 102 Å². The van der Waals surface area contributed by atoms with Crippen LogP contribution in [-0.2, 0) is 4.79 Å². The van der Waals surface area contributed by atoms with Gasteiger partial charge in [-0.05, 0) is 13.0 Å². The molecule has 2 aromatic rings. The Hall–Kier alpha value is -0.900. The van der Waals surface area contributed by atoms with Crippen LogP contribution in [0.4, 0.5) is 0 Å². The third kappa shape index (κ3) is 2.12. The van der Waals surface area contributed by atoms with Gasteiger partial charge >= 0.3 is 0 Å². The van der Waals surface area contributed by atoms with Crippen LogP contribution in [-0.4, -0.2) is 10.9 Å². The van der Waals surface area contributed by atoms with Gasteiger partial charge in [0.15, 0.2) is 0 Å². The fourth-order valence-electron chi connectivity index (χ4n) is 1.61. The van der Waals surface area contributed by atoms with Crippen molar-refractivity contribution in [2.45, 2.75) is 19.4 Å². The zero-order valence-electron chi connectivity index (χ0n) is 8.74. The summed E-state index contributed by atoms with van der Waals surface area (Å²) >= 11 is 7.61. The number of aliphatic hydroxyl groups excluding tert-OH is 1. The SMILES string of the molecule is CC(=O)C[C@@H](O)c1sc2ccccc2c1Cl. The largest absolute Gasteiger partial charge is 0.387 e. The Morgan fingerprint density at radius 2 is 2.19 bits per heavy atom. The van der Waals surface area contributed by atoms with Crippen LogP contribution in [0.15, 0.2) is 24.3 Å². The third-order valence-electron chi connectivity index (χ3n) is 2.34. The van der Waals surface area contributed by atoms with Gasteiger partial charge < -0.3 is 5.11 Å². The van der Waals surface area contributed by atoms with Gasteiger partial charge in [0.05, 0.1) is 16.0 Å². The van der Waals surface area contributed by atoms with E-state index >= 15 is 0 Å². The van der Waals surface area contributed by atoms with E-state index in [1.165, 1.54) is 18.3 Å². The maximum absolute atomic E-state index is 11.0. The normalized spacial score (nSPS) is 12.9. The van der Waals surface area contributed by atoms with E-state index in [-0.39, 0.29) is 12.2 Å². The highest BCUT2D eigenvalue weighted by Crippen LogP contribution is 2.39. The molecule has 1 heterocycles. The number of halogens is 1. The number of benzene rings is 1. The van der Waals surface area contributed by atoms with Crippen molar-refractivity contribution in [1.29, 1.82) is 0 Å². The molecule has 0 fully saturated rings. The van der Waals surface area contributed by atoms with E-state index in [2.05, 4.69) is 0 Å². The van der Waals surface area contributed by atoms with Gasteiger partial charge in [-0.2, -0.15) is 0 Å². The summed E-state index contributed by atoms with van der Waals surface area (Å²) in [7, 11) is 0. The number of carbonyl (C=O) groups excluding carboxylic acids is 1. The summed E-state index contributed by atoms with van der Waals surface area (Å²) in [5.74, 6) is -0.0407. The second-order valence-electron chi connectivity index (χ2n) is 3.70. The van der Waals surface area contributed by atoms with Gasteiger partial charge in [-0.1, -0.05) is 29.8 Å². The molecular formula is C12H11ClO2S. The van der Waals surface area contributed by atoms with Gasteiger partial charge in [-0.15, -0.1) is 11.3 Å². The molecule has 0 saturated heterocycles. The van der Waals surface area contributed by atoms with Gasteiger partial charge in [0, 0.05) is 16.5 Å². The van der Waals surface area contributed by atoms with Crippen molar-refractivity contribution < 1.29 is 9.90 Å². The molecule has 1 aromatic heterocycles. The molecule has 2 rings (SSSR count). The average molecular weight is 255 g/mol. The molecule has 0 aliphatic rings. The number of hydrogen-bond acceptors (Lipinski definition) is 3. The van der Waals surface area contributed by atoms with Crippen LogP contribution in [0.25, 0.3) is 10.1 Å². The van der Waals surface area contributed by atoms with Crippen molar-refractivity contribution in [2.75, 3.05) is 0 Å². The summed E-state index contributed by atoms with van der Waals surface area (Å²) in [5.41, 5.74) is 0. The first kappa shape index (κ1) is 11.6. The highest BCUT2D eigenvalue weighted by molar-refractivity contribution is 7.19. The first-order chi connectivity index (χ1) is 7.59. The Bertz CT molecular complexity index is 533. The summed E-state index contributed by atoms with van der Waals surface area (Å²) in [6.45, 7) is 1.46. The predicted molar refractivity (Wildman–Crippen MR) is 67.1 cm³/mol. The lowest BCUT2D eigenvalue weighted by Gasteiger charge is -2.05. The van der Waals surface area contributed by atoms with Crippen molar-refractivity contribution in [3.8, 4) is 0 Å². The van der Waals surface area contributed by atoms with E-state index in [9.17, 15) is 9.90 Å². The Morgan fingerprint density at radius 3 is 2.81 bits per heavy atom. The molecule has 0 spiro atoms. The van der Waals surface area contributed by atoms with Crippen molar-refractivity contribution in [3.63, 3.8) is 0 Å². The minimum Gasteiger partial charge on any atom is -0.387 e. The summed E-state index contributed by atoms with van der Waals surface area (Å²) in [6.07, 6.45) is -0.672. The summed E-state index contributed by atoms with van der Waals surface area (Å²) in [6, 6.07) is 7.70. The molecular weight excluding hydrogens is 244 g/mol. The van der Waals surface area contributed by atoms with Crippen LogP contribution in [0.3, 0.4) is 0 Å². The second-order valence-corrected chi connectivity index (χ2v) is 5.16. The first-order valence-corrected chi connectivity index (χ1v) is 6.13. The van der Waals surface area contributed by atoms with Crippen LogP contribution in [0.1, 0.15) is 24.3 Å². The number of carbonyl (C=O) groups is 1. The smallest absolute Gasteiger partial charge is 0.132 e. The van der Waals surface area contributed by atoms with Crippen LogP contribution in [0.2, 0.25) is 5.02 Å². The van der Waals surface area contributed by atoms with Gasteiger partial charge in [0.1, 0.15) is 5.78 Å². The average Bonchev–Trinajstić information content (AvgIpc) is 2.56. The number of ketones is 1. The molecule has 1 N–H and O–H groups in total. The fourth-order valence-corrected chi connectivity index (χ4v) is 3.16. The van der Waals surface area contributed by atoms with E-state index in [1.807, 2.05) is 24.3 Å². The standard InChI is InChI=1S/C12H11ClO2S/c1-7(14)6-9(15)12-11(13)8-4-2-3-5-10(8)16-12/h2-5,9,15H,6H2,1H3/t9-/m1/s1. The number of thiophene rings is 1. The minimum absolute atomic E-state index is 0.0407. The molecule has 0 radical (unpaired) electrons. The molecule has 1 atom stereocenters. The Balaban J connectivity index is 2.45. The van der Waals surface area contributed by atoms with E-state index in [4.69, 9.17) is 11.6 Å².